The third kappa shape index (κ3) is 2.81. The van der Waals surface area contributed by atoms with Gasteiger partial charge in [0.15, 0.2) is 0 Å². The van der Waals surface area contributed by atoms with Crippen LogP contribution in [0.25, 0.3) is 0 Å². The normalized spacial score (nSPS) is 13.1. The Labute approximate surface area is 134 Å². The lowest BCUT2D eigenvalue weighted by Crippen LogP contribution is -2.29. The lowest BCUT2D eigenvalue weighted by Gasteiger charge is -2.30. The van der Waals surface area contributed by atoms with E-state index in [9.17, 15) is 0 Å². The quantitative estimate of drug-likeness (QED) is 0.798. The zero-order valence-electron chi connectivity index (χ0n) is 12.5. The first-order valence-corrected chi connectivity index (χ1v) is 7.55. The third-order valence-corrected chi connectivity index (χ3v) is 3.68. The molecule has 2 heterocycles. The van der Waals surface area contributed by atoms with E-state index in [-0.39, 0.29) is 0 Å². The molecule has 5 heteroatoms. The SMILES string of the molecule is c1ccc(Nc2nccc(N3CCOc4ccccc43)n2)cc1. The predicted molar refractivity (Wildman–Crippen MR) is 90.7 cm³/mol. The average Bonchev–Trinajstić information content (AvgIpc) is 2.62. The maximum atomic E-state index is 5.70. The molecule has 0 aliphatic carbocycles. The van der Waals surface area contributed by atoms with Gasteiger partial charge in [-0.3, -0.25) is 0 Å². The zero-order valence-corrected chi connectivity index (χ0v) is 12.5. The topological polar surface area (TPSA) is 50.3 Å². The van der Waals surface area contributed by atoms with Gasteiger partial charge in [-0.2, -0.15) is 4.98 Å². The van der Waals surface area contributed by atoms with Gasteiger partial charge in [-0.1, -0.05) is 30.3 Å². The molecular weight excluding hydrogens is 288 g/mol. The molecule has 0 spiro atoms. The average molecular weight is 304 g/mol. The molecule has 1 aromatic heterocycles. The number of aromatic nitrogens is 2. The summed E-state index contributed by atoms with van der Waals surface area (Å²) in [5.41, 5.74) is 2.00. The monoisotopic (exact) mass is 304 g/mol. The summed E-state index contributed by atoms with van der Waals surface area (Å²) in [4.78, 5) is 11.1. The molecule has 0 fully saturated rings. The molecule has 114 valence electrons. The molecule has 0 atom stereocenters. The highest BCUT2D eigenvalue weighted by molar-refractivity contribution is 5.69. The molecule has 4 rings (SSSR count). The number of nitrogens with one attached hydrogen (secondary N) is 1. The van der Waals surface area contributed by atoms with Crippen molar-refractivity contribution in [3.8, 4) is 5.75 Å². The first kappa shape index (κ1) is 13.6. The molecule has 23 heavy (non-hydrogen) atoms. The summed E-state index contributed by atoms with van der Waals surface area (Å²) in [6, 6.07) is 19.8. The van der Waals surface area contributed by atoms with Gasteiger partial charge >= 0.3 is 0 Å². The number of hydrogen-bond donors (Lipinski definition) is 1. The molecule has 5 nitrogen and oxygen atoms in total. The molecule has 3 aromatic rings. The van der Waals surface area contributed by atoms with Gasteiger partial charge in [0.25, 0.3) is 0 Å². The van der Waals surface area contributed by atoms with Crippen molar-refractivity contribution in [2.75, 3.05) is 23.4 Å². The number of ether oxygens (including phenoxy) is 1. The fourth-order valence-electron chi connectivity index (χ4n) is 2.62. The van der Waals surface area contributed by atoms with Crippen molar-refractivity contribution in [1.82, 2.24) is 9.97 Å². The highest BCUT2D eigenvalue weighted by atomic mass is 16.5. The number of para-hydroxylation sites is 3. The van der Waals surface area contributed by atoms with Crippen molar-refractivity contribution in [3.05, 3.63) is 66.9 Å². The van der Waals surface area contributed by atoms with Gasteiger partial charge in [0, 0.05) is 11.9 Å². The summed E-state index contributed by atoms with van der Waals surface area (Å²) in [6.45, 7) is 1.40. The Morgan fingerprint density at radius 1 is 0.957 bits per heavy atom. The van der Waals surface area contributed by atoms with Crippen LogP contribution in [-0.2, 0) is 0 Å². The van der Waals surface area contributed by atoms with E-state index >= 15 is 0 Å². The van der Waals surface area contributed by atoms with E-state index in [1.54, 1.807) is 6.20 Å². The summed E-state index contributed by atoms with van der Waals surface area (Å²) < 4.78 is 5.70. The van der Waals surface area contributed by atoms with Crippen LogP contribution in [-0.4, -0.2) is 23.1 Å². The van der Waals surface area contributed by atoms with Crippen molar-refractivity contribution in [2.24, 2.45) is 0 Å². The van der Waals surface area contributed by atoms with Crippen LogP contribution in [0, 0.1) is 0 Å². The van der Waals surface area contributed by atoms with Crippen LogP contribution in [0.2, 0.25) is 0 Å². The Hall–Kier alpha value is -3.08. The molecule has 0 saturated carbocycles. The summed E-state index contributed by atoms with van der Waals surface area (Å²) >= 11 is 0. The van der Waals surface area contributed by atoms with Crippen LogP contribution in [0.1, 0.15) is 0 Å². The Kier molecular flexibility index (Phi) is 3.52. The van der Waals surface area contributed by atoms with Crippen molar-refractivity contribution < 1.29 is 4.74 Å². The number of hydrogen-bond acceptors (Lipinski definition) is 5. The second-order valence-electron chi connectivity index (χ2n) is 5.20. The van der Waals surface area contributed by atoms with Gasteiger partial charge in [-0.15, -0.1) is 0 Å². The van der Waals surface area contributed by atoms with E-state index < -0.39 is 0 Å². The first-order chi connectivity index (χ1) is 11.4. The summed E-state index contributed by atoms with van der Waals surface area (Å²) in [7, 11) is 0. The maximum absolute atomic E-state index is 5.70. The molecule has 1 aliphatic heterocycles. The third-order valence-electron chi connectivity index (χ3n) is 3.68. The van der Waals surface area contributed by atoms with Gasteiger partial charge in [-0.25, -0.2) is 4.98 Å². The van der Waals surface area contributed by atoms with E-state index in [0.717, 1.165) is 29.5 Å². The molecule has 1 N–H and O–H groups in total. The van der Waals surface area contributed by atoms with Crippen molar-refractivity contribution in [1.29, 1.82) is 0 Å². The summed E-state index contributed by atoms with van der Waals surface area (Å²) in [5.74, 6) is 2.32. The smallest absolute Gasteiger partial charge is 0.229 e. The first-order valence-electron chi connectivity index (χ1n) is 7.55. The van der Waals surface area contributed by atoms with Crippen LogP contribution in [0.5, 0.6) is 5.75 Å². The van der Waals surface area contributed by atoms with Crippen LogP contribution < -0.4 is 15.0 Å². The van der Waals surface area contributed by atoms with Crippen molar-refractivity contribution in [3.63, 3.8) is 0 Å². The fourth-order valence-corrected chi connectivity index (χ4v) is 2.62. The second kappa shape index (κ2) is 5.96. The molecule has 0 radical (unpaired) electrons. The molecule has 1 aliphatic rings. The highest BCUT2D eigenvalue weighted by Crippen LogP contribution is 2.35. The molecule has 0 bridgehead atoms. The maximum Gasteiger partial charge on any atom is 0.229 e. The van der Waals surface area contributed by atoms with Gasteiger partial charge in [0.2, 0.25) is 5.95 Å². The van der Waals surface area contributed by atoms with E-state index in [0.29, 0.717) is 12.6 Å². The number of fused-ring (bicyclic) bond motifs is 1. The van der Waals surface area contributed by atoms with Crippen LogP contribution >= 0.6 is 0 Å². The second-order valence-corrected chi connectivity index (χ2v) is 5.20. The summed E-state index contributed by atoms with van der Waals surface area (Å²) in [5, 5.41) is 3.23. The minimum absolute atomic E-state index is 0.581. The Bertz CT molecular complexity index is 807. The fraction of sp³-hybridized carbons (Fsp3) is 0.111. The molecule has 0 amide bonds. The predicted octanol–water partition coefficient (Wildman–Crippen LogP) is 3.75. The van der Waals surface area contributed by atoms with Gasteiger partial charge < -0.3 is 15.0 Å². The summed E-state index contributed by atoms with van der Waals surface area (Å²) in [6.07, 6.45) is 1.77. The number of rotatable bonds is 3. The minimum atomic E-state index is 0.581. The van der Waals surface area contributed by atoms with E-state index in [1.165, 1.54) is 0 Å². The lowest BCUT2D eigenvalue weighted by atomic mass is 10.2. The van der Waals surface area contributed by atoms with E-state index in [4.69, 9.17) is 4.74 Å². The standard InChI is InChI=1S/C18H16N4O/c1-2-6-14(7-3-1)20-18-19-11-10-17(21-18)22-12-13-23-16-9-5-4-8-15(16)22/h1-11H,12-13H2,(H,19,20,21). The zero-order chi connectivity index (χ0) is 15.5. The number of benzene rings is 2. The molecule has 0 saturated heterocycles. The molecular formula is C18H16N4O. The minimum Gasteiger partial charge on any atom is -0.490 e. The largest absolute Gasteiger partial charge is 0.490 e. The Morgan fingerprint density at radius 3 is 2.70 bits per heavy atom. The Balaban J connectivity index is 1.65. The van der Waals surface area contributed by atoms with Gasteiger partial charge in [-0.05, 0) is 30.3 Å². The number of anilines is 4. The number of nitrogens with zero attached hydrogens (tertiary/aromatic N) is 3. The van der Waals surface area contributed by atoms with Crippen LogP contribution in [0.15, 0.2) is 66.9 Å². The van der Waals surface area contributed by atoms with E-state index in [2.05, 4.69) is 20.2 Å². The molecule has 0 unspecified atom stereocenters. The molecule has 2 aromatic carbocycles. The van der Waals surface area contributed by atoms with E-state index in [1.807, 2.05) is 60.7 Å². The van der Waals surface area contributed by atoms with Crippen LogP contribution in [0.3, 0.4) is 0 Å². The highest BCUT2D eigenvalue weighted by Gasteiger charge is 2.20. The van der Waals surface area contributed by atoms with Gasteiger partial charge in [0.05, 0.1) is 12.2 Å². The van der Waals surface area contributed by atoms with Crippen molar-refractivity contribution in [2.45, 2.75) is 0 Å². The van der Waals surface area contributed by atoms with Crippen molar-refractivity contribution >= 4 is 23.1 Å². The Morgan fingerprint density at radius 2 is 1.78 bits per heavy atom. The van der Waals surface area contributed by atoms with Gasteiger partial charge in [0.1, 0.15) is 18.2 Å². The van der Waals surface area contributed by atoms with Crippen LogP contribution in [0.4, 0.5) is 23.1 Å². The lowest BCUT2D eigenvalue weighted by molar-refractivity contribution is 0.313.